The van der Waals surface area contributed by atoms with Crippen molar-refractivity contribution in [2.24, 2.45) is 9.98 Å². The summed E-state index contributed by atoms with van der Waals surface area (Å²) in [4.78, 5) is 16.4. The molecule has 0 bridgehead atoms. The summed E-state index contributed by atoms with van der Waals surface area (Å²) in [5.74, 6) is 0.945. The highest BCUT2D eigenvalue weighted by atomic mass is 16.3. The molecule has 1 saturated carbocycles. The van der Waals surface area contributed by atoms with Gasteiger partial charge in [0.25, 0.3) is 0 Å². The molecular formula is C25H33N5O. The monoisotopic (exact) mass is 419 g/mol. The molecular weight excluding hydrogens is 386 g/mol. The molecule has 6 nitrogen and oxygen atoms in total. The number of rotatable bonds is 6. The second-order valence-electron chi connectivity index (χ2n) is 8.35. The summed E-state index contributed by atoms with van der Waals surface area (Å²) in [6.07, 6.45) is 16.2. The predicted octanol–water partition coefficient (Wildman–Crippen LogP) is 3.25. The van der Waals surface area contributed by atoms with Gasteiger partial charge in [-0.25, -0.2) is 4.99 Å². The molecule has 6 heteroatoms. The van der Waals surface area contributed by atoms with Gasteiger partial charge >= 0.3 is 0 Å². The fraction of sp³-hybridized carbons (Fsp3) is 0.440. The Morgan fingerprint density at radius 2 is 2.00 bits per heavy atom. The van der Waals surface area contributed by atoms with E-state index in [1.54, 1.807) is 0 Å². The van der Waals surface area contributed by atoms with E-state index in [9.17, 15) is 5.11 Å². The maximum atomic E-state index is 9.19. The first kappa shape index (κ1) is 21.5. The zero-order chi connectivity index (χ0) is 21.8. The molecule has 1 aliphatic carbocycles. The van der Waals surface area contributed by atoms with E-state index in [0.717, 1.165) is 68.4 Å². The highest BCUT2D eigenvalue weighted by Gasteiger charge is 2.28. The number of aliphatic imine (C=N–C) groups is 2. The van der Waals surface area contributed by atoms with E-state index in [4.69, 9.17) is 4.99 Å². The first-order valence-corrected chi connectivity index (χ1v) is 11.2. The van der Waals surface area contributed by atoms with Gasteiger partial charge < -0.3 is 10.0 Å². The minimum Gasteiger partial charge on any atom is -0.395 e. The lowest BCUT2D eigenvalue weighted by Gasteiger charge is -2.39. The average molecular weight is 420 g/mol. The molecule has 1 N–H and O–H groups in total. The number of allylic oxidation sites excluding steroid dienone is 6. The van der Waals surface area contributed by atoms with Gasteiger partial charge in [-0.15, -0.1) is 0 Å². The first-order valence-electron chi connectivity index (χ1n) is 11.2. The van der Waals surface area contributed by atoms with Gasteiger partial charge in [0, 0.05) is 51.7 Å². The van der Waals surface area contributed by atoms with Gasteiger partial charge in [-0.05, 0) is 61.6 Å². The molecule has 2 fully saturated rings. The Hall–Kier alpha value is -2.70. The van der Waals surface area contributed by atoms with E-state index in [0.29, 0.717) is 0 Å². The van der Waals surface area contributed by atoms with Crippen LogP contribution in [0.25, 0.3) is 0 Å². The fourth-order valence-corrected chi connectivity index (χ4v) is 4.22. The Labute approximate surface area is 185 Å². The molecule has 3 aliphatic heterocycles. The van der Waals surface area contributed by atoms with Gasteiger partial charge in [-0.1, -0.05) is 12.7 Å². The van der Waals surface area contributed by atoms with Crippen LogP contribution in [0.15, 0.2) is 81.4 Å². The van der Waals surface area contributed by atoms with Crippen molar-refractivity contribution in [3.63, 3.8) is 0 Å². The Morgan fingerprint density at radius 3 is 2.61 bits per heavy atom. The highest BCUT2D eigenvalue weighted by Crippen LogP contribution is 2.35. The molecule has 0 spiro atoms. The summed E-state index contributed by atoms with van der Waals surface area (Å²) in [6, 6.07) is 0. The van der Waals surface area contributed by atoms with Crippen LogP contribution < -0.4 is 0 Å². The zero-order valence-corrected chi connectivity index (χ0v) is 18.7. The van der Waals surface area contributed by atoms with Gasteiger partial charge in [0.2, 0.25) is 0 Å². The van der Waals surface area contributed by atoms with E-state index >= 15 is 0 Å². The van der Waals surface area contributed by atoms with Gasteiger partial charge in [-0.3, -0.25) is 14.8 Å². The average Bonchev–Trinajstić information content (AvgIpc) is 2.76. The first-order chi connectivity index (χ1) is 15.1. The van der Waals surface area contributed by atoms with Crippen LogP contribution >= 0.6 is 0 Å². The molecule has 4 aliphatic rings. The third-order valence-corrected chi connectivity index (χ3v) is 6.34. The maximum absolute atomic E-state index is 9.19. The van der Waals surface area contributed by atoms with Crippen LogP contribution in [0, 0.1) is 0 Å². The van der Waals surface area contributed by atoms with Crippen molar-refractivity contribution in [3.05, 3.63) is 71.4 Å². The third-order valence-electron chi connectivity index (χ3n) is 6.34. The van der Waals surface area contributed by atoms with Crippen molar-refractivity contribution >= 4 is 11.5 Å². The third kappa shape index (κ3) is 4.65. The number of piperazine rings is 1. The quantitative estimate of drug-likeness (QED) is 0.530. The molecule has 0 aromatic heterocycles. The van der Waals surface area contributed by atoms with E-state index in [1.165, 1.54) is 23.4 Å². The van der Waals surface area contributed by atoms with Crippen LogP contribution in [0.1, 0.15) is 26.2 Å². The number of amidine groups is 1. The van der Waals surface area contributed by atoms with Gasteiger partial charge in [-0.2, -0.15) is 0 Å². The molecule has 3 heterocycles. The molecule has 164 valence electrons. The van der Waals surface area contributed by atoms with Crippen molar-refractivity contribution < 1.29 is 5.11 Å². The molecule has 0 unspecified atom stereocenters. The van der Waals surface area contributed by atoms with Crippen molar-refractivity contribution in [3.8, 4) is 0 Å². The standard InChI is InChI=1S/C25H33N5O/c1-4-19(2)16-22(26-3)23-17-24(20-6-5-7-20)30-18-21(8-9-25(30)27-23)29-12-10-28(11-13-29)14-15-31/h4,8-9,16-18,31H,1,5-7,10-15H2,2-3H3/b19-16+,26-22?. The minimum absolute atomic E-state index is 0.229. The Morgan fingerprint density at radius 1 is 1.23 bits per heavy atom. The summed E-state index contributed by atoms with van der Waals surface area (Å²) in [7, 11) is 1.82. The SMILES string of the molecule is C=C/C(C)=C/C(=NC)C1=CC(=C2CCC2)N2C=C(N3CCN(CCO)CC3)C=CC2=N1. The Kier molecular flexibility index (Phi) is 6.68. The summed E-state index contributed by atoms with van der Waals surface area (Å²) >= 11 is 0. The Balaban J connectivity index is 1.60. The number of β-amino-alcohol motifs (C(OH)–C–C–N with tert-alkyl or cyclic N) is 1. The normalized spacial score (nSPS) is 22.6. The van der Waals surface area contributed by atoms with Crippen LogP contribution in [0.4, 0.5) is 0 Å². The van der Waals surface area contributed by atoms with Crippen LogP contribution in [0.2, 0.25) is 0 Å². The topological polar surface area (TPSA) is 54.7 Å². The lowest BCUT2D eigenvalue weighted by atomic mass is 9.89. The summed E-state index contributed by atoms with van der Waals surface area (Å²) in [6.45, 7) is 10.8. The molecule has 0 radical (unpaired) electrons. The summed E-state index contributed by atoms with van der Waals surface area (Å²) in [5, 5.41) is 9.19. The molecule has 0 aromatic rings. The number of fused-ring (bicyclic) bond motifs is 1. The molecule has 1 saturated heterocycles. The van der Waals surface area contributed by atoms with Gasteiger partial charge in [0.15, 0.2) is 0 Å². The highest BCUT2D eigenvalue weighted by molar-refractivity contribution is 6.12. The van der Waals surface area contributed by atoms with Gasteiger partial charge in [0.05, 0.1) is 23.7 Å². The molecule has 0 atom stereocenters. The van der Waals surface area contributed by atoms with Crippen LogP contribution in [-0.4, -0.2) is 77.7 Å². The summed E-state index contributed by atoms with van der Waals surface area (Å²) < 4.78 is 0. The number of aliphatic hydroxyl groups excluding tert-OH is 1. The van der Waals surface area contributed by atoms with Crippen molar-refractivity contribution in [1.29, 1.82) is 0 Å². The van der Waals surface area contributed by atoms with Crippen LogP contribution in [-0.2, 0) is 0 Å². The minimum atomic E-state index is 0.229. The smallest absolute Gasteiger partial charge is 0.137 e. The van der Waals surface area contributed by atoms with E-state index in [2.05, 4.69) is 50.7 Å². The molecule has 4 rings (SSSR count). The number of aliphatic hydroxyl groups is 1. The number of hydrogen-bond acceptors (Lipinski definition) is 6. The van der Waals surface area contributed by atoms with Crippen LogP contribution in [0.3, 0.4) is 0 Å². The van der Waals surface area contributed by atoms with Gasteiger partial charge in [0.1, 0.15) is 5.84 Å². The van der Waals surface area contributed by atoms with Crippen LogP contribution in [0.5, 0.6) is 0 Å². The second kappa shape index (κ2) is 9.62. The molecule has 0 aromatic carbocycles. The van der Waals surface area contributed by atoms with E-state index in [-0.39, 0.29) is 6.61 Å². The number of hydrogen-bond donors (Lipinski definition) is 1. The second-order valence-corrected chi connectivity index (χ2v) is 8.35. The zero-order valence-electron chi connectivity index (χ0n) is 18.7. The fourth-order valence-electron chi connectivity index (χ4n) is 4.22. The summed E-state index contributed by atoms with van der Waals surface area (Å²) in [5.41, 5.74) is 6.82. The van der Waals surface area contributed by atoms with E-state index < -0.39 is 0 Å². The Bertz CT molecular complexity index is 933. The van der Waals surface area contributed by atoms with Crippen molar-refractivity contribution in [2.75, 3.05) is 46.4 Å². The van der Waals surface area contributed by atoms with Crippen molar-refractivity contribution in [2.45, 2.75) is 26.2 Å². The predicted molar refractivity (Wildman–Crippen MR) is 128 cm³/mol. The van der Waals surface area contributed by atoms with E-state index in [1.807, 2.05) is 26.1 Å². The van der Waals surface area contributed by atoms with Crippen molar-refractivity contribution in [1.82, 2.24) is 14.7 Å². The lowest BCUT2D eigenvalue weighted by molar-refractivity contribution is 0.133. The molecule has 31 heavy (non-hydrogen) atoms. The number of nitrogens with zero attached hydrogens (tertiary/aromatic N) is 5. The largest absolute Gasteiger partial charge is 0.395 e. The lowest BCUT2D eigenvalue weighted by Crippen LogP contribution is -2.47. The maximum Gasteiger partial charge on any atom is 0.137 e. The molecule has 0 amide bonds.